The lowest BCUT2D eigenvalue weighted by Crippen LogP contribution is -2.30. The van der Waals surface area contributed by atoms with Crippen molar-refractivity contribution in [3.05, 3.63) is 93.1 Å². The van der Waals surface area contributed by atoms with Gasteiger partial charge in [0, 0.05) is 15.8 Å². The quantitative estimate of drug-likeness (QED) is 0.457. The standard InChI is InChI=1S/C22H19ClN4OS/c1-14-18(11-15-7-3-2-4-8-15)29-21-19(14)20-24-13-25-27(20)22(28)26(21)12-16-9-5-6-10-17(16)23/h2-10,13-14,18H,11-12H2,1H3. The Morgan fingerprint density at radius 1 is 1.10 bits per heavy atom. The Bertz CT molecular complexity index is 1250. The number of halogens is 1. The molecule has 0 spiro atoms. The normalized spacial score (nSPS) is 18.3. The van der Waals surface area contributed by atoms with Crippen LogP contribution in [-0.4, -0.2) is 24.4 Å². The van der Waals surface area contributed by atoms with Gasteiger partial charge in [0.15, 0.2) is 5.65 Å². The Kier molecular flexibility index (Phi) is 4.68. The van der Waals surface area contributed by atoms with E-state index in [1.165, 1.54) is 16.4 Å². The summed E-state index contributed by atoms with van der Waals surface area (Å²) in [7, 11) is 0. The molecule has 0 aliphatic carbocycles. The lowest BCUT2D eigenvalue weighted by molar-refractivity contribution is 0.608. The van der Waals surface area contributed by atoms with Crippen LogP contribution in [0, 0.1) is 0 Å². The molecular weight excluding hydrogens is 404 g/mol. The number of aromatic nitrogens is 4. The van der Waals surface area contributed by atoms with Gasteiger partial charge in [0.1, 0.15) is 6.33 Å². The molecule has 146 valence electrons. The van der Waals surface area contributed by atoms with Crippen molar-refractivity contribution in [2.75, 3.05) is 0 Å². The van der Waals surface area contributed by atoms with E-state index >= 15 is 0 Å². The zero-order valence-corrected chi connectivity index (χ0v) is 17.4. The first kappa shape index (κ1) is 18.5. The van der Waals surface area contributed by atoms with E-state index in [9.17, 15) is 4.79 Å². The van der Waals surface area contributed by atoms with Crippen molar-refractivity contribution in [1.82, 2.24) is 19.2 Å². The predicted octanol–water partition coefficient (Wildman–Crippen LogP) is 4.41. The molecule has 5 nitrogen and oxygen atoms in total. The maximum absolute atomic E-state index is 13.2. The van der Waals surface area contributed by atoms with Gasteiger partial charge in [-0.15, -0.1) is 11.8 Å². The van der Waals surface area contributed by atoms with Gasteiger partial charge in [0.25, 0.3) is 0 Å². The first-order chi connectivity index (χ1) is 14.1. The minimum atomic E-state index is -0.184. The van der Waals surface area contributed by atoms with Crippen molar-refractivity contribution < 1.29 is 0 Å². The van der Waals surface area contributed by atoms with Gasteiger partial charge in [-0.05, 0) is 29.5 Å². The average molecular weight is 423 g/mol. The van der Waals surface area contributed by atoms with E-state index < -0.39 is 0 Å². The summed E-state index contributed by atoms with van der Waals surface area (Å²) < 4.78 is 3.21. The van der Waals surface area contributed by atoms with Crippen molar-refractivity contribution in [3.8, 4) is 0 Å². The van der Waals surface area contributed by atoms with Crippen molar-refractivity contribution in [2.45, 2.75) is 36.1 Å². The van der Waals surface area contributed by atoms with Crippen LogP contribution in [0.5, 0.6) is 0 Å². The van der Waals surface area contributed by atoms with Crippen LogP contribution in [0.4, 0.5) is 0 Å². The Hall–Kier alpha value is -2.57. The summed E-state index contributed by atoms with van der Waals surface area (Å²) in [5, 5.41) is 6.15. The summed E-state index contributed by atoms with van der Waals surface area (Å²) in [6.07, 6.45) is 2.39. The van der Waals surface area contributed by atoms with Crippen LogP contribution in [0.3, 0.4) is 0 Å². The Balaban J connectivity index is 1.62. The molecule has 3 heterocycles. The van der Waals surface area contributed by atoms with E-state index in [0.29, 0.717) is 22.5 Å². The van der Waals surface area contributed by atoms with Gasteiger partial charge in [0.05, 0.1) is 11.6 Å². The molecular formula is C22H19ClN4OS. The van der Waals surface area contributed by atoms with Crippen LogP contribution >= 0.6 is 23.4 Å². The molecule has 2 aromatic carbocycles. The molecule has 0 N–H and O–H groups in total. The number of hydrogen-bond acceptors (Lipinski definition) is 4. The number of thioether (sulfide) groups is 1. The van der Waals surface area contributed by atoms with E-state index in [-0.39, 0.29) is 11.6 Å². The first-order valence-corrected chi connectivity index (χ1v) is 10.8. The second-order valence-electron chi connectivity index (χ2n) is 7.31. The Morgan fingerprint density at radius 3 is 2.66 bits per heavy atom. The Labute approximate surface area is 177 Å². The molecule has 2 unspecified atom stereocenters. The van der Waals surface area contributed by atoms with Crippen molar-refractivity contribution in [3.63, 3.8) is 0 Å². The third-order valence-corrected chi connectivity index (χ3v) is 7.43. The van der Waals surface area contributed by atoms with Crippen LogP contribution in [0.2, 0.25) is 5.02 Å². The molecule has 0 bridgehead atoms. The molecule has 4 aromatic rings. The van der Waals surface area contributed by atoms with Gasteiger partial charge in [-0.25, -0.2) is 9.78 Å². The highest BCUT2D eigenvalue weighted by molar-refractivity contribution is 8.00. The number of nitrogens with zero attached hydrogens (tertiary/aromatic N) is 4. The molecule has 5 rings (SSSR count). The van der Waals surface area contributed by atoms with E-state index in [2.05, 4.69) is 41.3 Å². The van der Waals surface area contributed by atoms with E-state index in [4.69, 9.17) is 11.6 Å². The summed E-state index contributed by atoms with van der Waals surface area (Å²) >= 11 is 8.14. The summed E-state index contributed by atoms with van der Waals surface area (Å²) in [6, 6.07) is 18.1. The number of fused-ring (bicyclic) bond motifs is 3. The molecule has 1 aliphatic rings. The van der Waals surface area contributed by atoms with E-state index in [0.717, 1.165) is 22.6 Å². The van der Waals surface area contributed by atoms with Crippen LogP contribution in [-0.2, 0) is 13.0 Å². The first-order valence-electron chi connectivity index (χ1n) is 9.54. The predicted molar refractivity (Wildman–Crippen MR) is 116 cm³/mol. The largest absolute Gasteiger partial charge is 0.351 e. The fourth-order valence-corrected chi connectivity index (χ4v) is 5.74. The monoisotopic (exact) mass is 422 g/mol. The molecule has 2 aromatic heterocycles. The third kappa shape index (κ3) is 3.16. The SMILES string of the molecule is CC1c2c(n(Cc3ccccc3Cl)c(=O)n3ncnc23)SC1Cc1ccccc1. The topological polar surface area (TPSA) is 52.2 Å². The summed E-state index contributed by atoms with van der Waals surface area (Å²) in [5.41, 5.74) is 3.78. The smallest absolute Gasteiger partial charge is 0.282 e. The number of benzene rings is 2. The van der Waals surface area contributed by atoms with Crippen molar-refractivity contribution >= 4 is 29.0 Å². The molecule has 2 atom stereocenters. The maximum atomic E-state index is 13.2. The zero-order valence-electron chi connectivity index (χ0n) is 15.8. The minimum absolute atomic E-state index is 0.184. The number of hydrogen-bond donors (Lipinski definition) is 0. The molecule has 7 heteroatoms. The second kappa shape index (κ2) is 7.35. The van der Waals surface area contributed by atoms with E-state index in [1.807, 2.05) is 30.3 Å². The molecule has 29 heavy (non-hydrogen) atoms. The van der Waals surface area contributed by atoms with Gasteiger partial charge in [0.2, 0.25) is 0 Å². The summed E-state index contributed by atoms with van der Waals surface area (Å²) in [6.45, 7) is 2.62. The Morgan fingerprint density at radius 2 is 1.86 bits per heavy atom. The molecule has 0 fully saturated rings. The van der Waals surface area contributed by atoms with Crippen LogP contribution in [0.1, 0.15) is 29.5 Å². The molecule has 0 amide bonds. The minimum Gasteiger partial charge on any atom is -0.282 e. The van der Waals surface area contributed by atoms with Crippen molar-refractivity contribution in [2.24, 2.45) is 0 Å². The molecule has 0 saturated carbocycles. The fraction of sp³-hybridized carbons (Fsp3) is 0.227. The highest BCUT2D eigenvalue weighted by atomic mass is 35.5. The van der Waals surface area contributed by atoms with E-state index in [1.54, 1.807) is 16.3 Å². The molecule has 0 radical (unpaired) electrons. The lowest BCUT2D eigenvalue weighted by atomic mass is 9.95. The third-order valence-electron chi connectivity index (χ3n) is 5.52. The van der Waals surface area contributed by atoms with Crippen LogP contribution < -0.4 is 5.69 Å². The maximum Gasteiger partial charge on any atom is 0.351 e. The second-order valence-corrected chi connectivity index (χ2v) is 8.94. The van der Waals surface area contributed by atoms with Crippen molar-refractivity contribution in [1.29, 1.82) is 0 Å². The molecule has 1 aliphatic heterocycles. The van der Waals surface area contributed by atoms with Gasteiger partial charge in [-0.3, -0.25) is 4.57 Å². The fourth-order valence-electron chi connectivity index (χ4n) is 3.97. The summed E-state index contributed by atoms with van der Waals surface area (Å²) in [5.74, 6) is 0.250. The van der Waals surface area contributed by atoms with Crippen LogP contribution in [0.15, 0.2) is 70.7 Å². The summed E-state index contributed by atoms with van der Waals surface area (Å²) in [4.78, 5) is 17.6. The van der Waals surface area contributed by atoms with Gasteiger partial charge < -0.3 is 0 Å². The molecule has 0 saturated heterocycles. The number of rotatable bonds is 4. The lowest BCUT2D eigenvalue weighted by Gasteiger charge is -2.14. The van der Waals surface area contributed by atoms with Gasteiger partial charge in [-0.1, -0.05) is 67.1 Å². The zero-order chi connectivity index (χ0) is 20.0. The van der Waals surface area contributed by atoms with Crippen LogP contribution in [0.25, 0.3) is 5.65 Å². The average Bonchev–Trinajstić information content (AvgIpc) is 3.33. The van der Waals surface area contributed by atoms with Gasteiger partial charge >= 0.3 is 5.69 Å². The highest BCUT2D eigenvalue weighted by Crippen LogP contribution is 2.47. The highest BCUT2D eigenvalue weighted by Gasteiger charge is 2.36. The van der Waals surface area contributed by atoms with Gasteiger partial charge in [-0.2, -0.15) is 9.61 Å².